The summed E-state index contributed by atoms with van der Waals surface area (Å²) in [6.07, 6.45) is 1.32. The van der Waals surface area contributed by atoms with E-state index in [4.69, 9.17) is 0 Å². The summed E-state index contributed by atoms with van der Waals surface area (Å²) in [6, 6.07) is 7.85. The quantitative estimate of drug-likeness (QED) is 0.772. The Morgan fingerprint density at radius 1 is 1.22 bits per heavy atom. The van der Waals surface area contributed by atoms with Crippen LogP contribution in [0.4, 0.5) is 4.39 Å². The lowest BCUT2D eigenvalue weighted by atomic mass is 10.1. The normalized spacial score (nSPS) is 17.7. The first-order chi connectivity index (χ1) is 12.8. The molecule has 9 heteroatoms. The molecule has 1 aliphatic carbocycles. The van der Waals surface area contributed by atoms with Crippen molar-refractivity contribution in [2.75, 3.05) is 0 Å². The van der Waals surface area contributed by atoms with E-state index in [1.807, 2.05) is 0 Å². The number of carbonyl (C=O) groups excluding carboxylic acids is 2. The van der Waals surface area contributed by atoms with Gasteiger partial charge in [-0.05, 0) is 54.8 Å². The topological polar surface area (TPSA) is 83.6 Å². The van der Waals surface area contributed by atoms with Gasteiger partial charge in [0.25, 0.3) is 21.8 Å². The van der Waals surface area contributed by atoms with Crippen molar-refractivity contribution in [2.24, 2.45) is 0 Å². The lowest BCUT2D eigenvalue weighted by molar-refractivity contribution is 0.0863. The molecule has 1 aliphatic heterocycles. The molecule has 27 heavy (non-hydrogen) atoms. The molecule has 1 N–H and O–H groups in total. The molecular formula is C18H14BrFN2O4S. The Kier molecular flexibility index (Phi) is 4.31. The smallest absolute Gasteiger partial charge is 0.269 e. The van der Waals surface area contributed by atoms with Gasteiger partial charge in [0, 0.05) is 22.6 Å². The van der Waals surface area contributed by atoms with Crippen LogP contribution in [0.15, 0.2) is 45.8 Å². The minimum absolute atomic E-state index is 0.0636. The number of carbonyl (C=O) groups is 2. The molecule has 2 amide bonds. The Hall–Kier alpha value is -2.26. The molecular weight excluding hydrogens is 439 g/mol. The maximum atomic E-state index is 13.3. The molecule has 0 atom stereocenters. The average molecular weight is 453 g/mol. The van der Waals surface area contributed by atoms with Crippen molar-refractivity contribution in [3.05, 3.63) is 63.4 Å². The van der Waals surface area contributed by atoms with Gasteiger partial charge in [-0.2, -0.15) is 0 Å². The summed E-state index contributed by atoms with van der Waals surface area (Å²) in [5.74, 6) is -1.48. The van der Waals surface area contributed by atoms with E-state index >= 15 is 0 Å². The van der Waals surface area contributed by atoms with Gasteiger partial charge < -0.3 is 5.32 Å². The zero-order valence-corrected chi connectivity index (χ0v) is 16.3. The summed E-state index contributed by atoms with van der Waals surface area (Å²) < 4.78 is 40.2. The van der Waals surface area contributed by atoms with E-state index in [0.717, 1.165) is 4.31 Å². The van der Waals surface area contributed by atoms with Crippen LogP contribution in [0.5, 0.6) is 0 Å². The van der Waals surface area contributed by atoms with E-state index in [1.54, 1.807) is 0 Å². The third-order valence-corrected chi connectivity index (χ3v) is 7.19. The highest BCUT2D eigenvalue weighted by Crippen LogP contribution is 2.39. The van der Waals surface area contributed by atoms with Crippen molar-refractivity contribution >= 4 is 37.8 Å². The number of benzene rings is 2. The summed E-state index contributed by atoms with van der Waals surface area (Å²) in [4.78, 5) is 24.6. The number of sulfonamides is 1. The zero-order valence-electron chi connectivity index (χ0n) is 13.9. The molecule has 0 radical (unpaired) electrons. The van der Waals surface area contributed by atoms with Crippen molar-refractivity contribution in [3.8, 4) is 0 Å². The second-order valence-corrected chi connectivity index (χ2v) is 9.10. The Morgan fingerprint density at radius 3 is 2.67 bits per heavy atom. The molecule has 1 saturated carbocycles. The van der Waals surface area contributed by atoms with Crippen LogP contribution in [0, 0.1) is 5.82 Å². The van der Waals surface area contributed by atoms with Crippen LogP contribution in [0.3, 0.4) is 0 Å². The Labute approximate surface area is 163 Å². The number of amides is 2. The molecule has 0 unspecified atom stereocenters. The van der Waals surface area contributed by atoms with Crippen LogP contribution < -0.4 is 5.32 Å². The summed E-state index contributed by atoms with van der Waals surface area (Å²) in [6.45, 7) is 0.0636. The maximum Gasteiger partial charge on any atom is 0.269 e. The standard InChI is InChI=1S/C18H14BrFN2O4S/c19-15-6-2-12(20)7-11(15)9-21-17(23)10-1-5-14-16(8-10)27(25,26)22(18(14)24)13-3-4-13/h1-2,5-8,13H,3-4,9H2,(H,21,23). The summed E-state index contributed by atoms with van der Waals surface area (Å²) in [5, 5.41) is 2.63. The fourth-order valence-corrected chi connectivity index (χ4v) is 5.24. The van der Waals surface area contributed by atoms with Crippen LogP contribution in [-0.2, 0) is 16.6 Å². The summed E-state index contributed by atoms with van der Waals surface area (Å²) >= 11 is 3.28. The van der Waals surface area contributed by atoms with Gasteiger partial charge in [-0.15, -0.1) is 0 Å². The Morgan fingerprint density at radius 2 is 1.96 bits per heavy atom. The molecule has 6 nitrogen and oxygen atoms in total. The van der Waals surface area contributed by atoms with Crippen LogP contribution in [0.2, 0.25) is 0 Å². The van der Waals surface area contributed by atoms with Crippen molar-refractivity contribution in [2.45, 2.75) is 30.3 Å². The molecule has 2 aromatic rings. The van der Waals surface area contributed by atoms with Crippen molar-refractivity contribution in [1.29, 1.82) is 0 Å². The van der Waals surface area contributed by atoms with E-state index in [0.29, 0.717) is 22.9 Å². The highest BCUT2D eigenvalue weighted by atomic mass is 79.9. The van der Waals surface area contributed by atoms with Gasteiger partial charge in [0.1, 0.15) is 10.7 Å². The SMILES string of the molecule is O=C(NCc1cc(F)ccc1Br)c1ccc2c(c1)S(=O)(=O)N(C1CC1)C2=O. The fraction of sp³-hybridized carbons (Fsp3) is 0.222. The van der Waals surface area contributed by atoms with Gasteiger partial charge in [0.2, 0.25) is 0 Å². The van der Waals surface area contributed by atoms with E-state index < -0.39 is 27.7 Å². The Balaban J connectivity index is 1.58. The highest BCUT2D eigenvalue weighted by molar-refractivity contribution is 9.10. The van der Waals surface area contributed by atoms with Crippen LogP contribution >= 0.6 is 15.9 Å². The monoisotopic (exact) mass is 452 g/mol. The predicted octanol–water partition coefficient (Wildman–Crippen LogP) is 2.83. The molecule has 1 heterocycles. The number of rotatable bonds is 4. The van der Waals surface area contributed by atoms with Gasteiger partial charge in [-0.1, -0.05) is 15.9 Å². The first kappa shape index (κ1) is 18.1. The number of hydrogen-bond donors (Lipinski definition) is 1. The second kappa shape index (κ2) is 6.42. The van der Waals surface area contributed by atoms with Gasteiger partial charge in [0.05, 0.1) is 5.56 Å². The first-order valence-corrected chi connectivity index (χ1v) is 10.5. The molecule has 0 spiro atoms. The minimum atomic E-state index is -3.92. The van der Waals surface area contributed by atoms with E-state index in [2.05, 4.69) is 21.2 Å². The number of hydrogen-bond acceptors (Lipinski definition) is 4. The van der Waals surface area contributed by atoms with Crippen molar-refractivity contribution < 1.29 is 22.4 Å². The third kappa shape index (κ3) is 3.14. The summed E-state index contributed by atoms with van der Waals surface area (Å²) in [5.41, 5.74) is 0.758. The zero-order chi connectivity index (χ0) is 19.3. The lowest BCUT2D eigenvalue weighted by Crippen LogP contribution is -2.32. The maximum absolute atomic E-state index is 13.3. The minimum Gasteiger partial charge on any atom is -0.348 e. The number of fused-ring (bicyclic) bond motifs is 1. The van der Waals surface area contributed by atoms with Crippen molar-refractivity contribution in [1.82, 2.24) is 9.62 Å². The van der Waals surface area contributed by atoms with Gasteiger partial charge in [0.15, 0.2) is 0 Å². The van der Waals surface area contributed by atoms with Gasteiger partial charge in [-0.3, -0.25) is 9.59 Å². The Bertz CT molecular complexity index is 1080. The molecule has 1 fully saturated rings. The van der Waals surface area contributed by atoms with Gasteiger partial charge in [-0.25, -0.2) is 17.1 Å². The van der Waals surface area contributed by atoms with Crippen LogP contribution in [-0.4, -0.2) is 30.6 Å². The first-order valence-electron chi connectivity index (χ1n) is 8.24. The lowest BCUT2D eigenvalue weighted by Gasteiger charge is -2.13. The number of halogens is 2. The summed E-state index contributed by atoms with van der Waals surface area (Å²) in [7, 11) is -3.92. The number of nitrogens with zero attached hydrogens (tertiary/aromatic N) is 1. The predicted molar refractivity (Wildman–Crippen MR) is 98.1 cm³/mol. The largest absolute Gasteiger partial charge is 0.348 e. The number of nitrogens with one attached hydrogen (secondary N) is 1. The average Bonchev–Trinajstić information content (AvgIpc) is 3.43. The van der Waals surface area contributed by atoms with Crippen molar-refractivity contribution in [3.63, 3.8) is 0 Å². The highest BCUT2D eigenvalue weighted by Gasteiger charge is 2.48. The van der Waals surface area contributed by atoms with Crippen LogP contribution in [0.25, 0.3) is 0 Å². The van der Waals surface area contributed by atoms with E-state index in [-0.39, 0.29) is 28.6 Å². The molecule has 140 valence electrons. The fourth-order valence-electron chi connectivity index (χ4n) is 3.01. The molecule has 2 aliphatic rings. The molecule has 2 aromatic carbocycles. The van der Waals surface area contributed by atoms with Gasteiger partial charge >= 0.3 is 0 Å². The molecule has 0 aromatic heterocycles. The molecule has 0 saturated heterocycles. The van der Waals surface area contributed by atoms with E-state index in [9.17, 15) is 22.4 Å². The second-order valence-electron chi connectivity index (χ2n) is 6.47. The molecule has 0 bridgehead atoms. The van der Waals surface area contributed by atoms with E-state index in [1.165, 1.54) is 36.4 Å². The molecule has 4 rings (SSSR count). The third-order valence-electron chi connectivity index (χ3n) is 4.54. The van der Waals surface area contributed by atoms with Crippen LogP contribution in [0.1, 0.15) is 39.1 Å².